The van der Waals surface area contributed by atoms with Crippen molar-refractivity contribution in [2.45, 2.75) is 51.1 Å². The first-order valence-electron chi connectivity index (χ1n) is 8.02. The van der Waals surface area contributed by atoms with Crippen molar-refractivity contribution in [2.24, 2.45) is 5.92 Å². The summed E-state index contributed by atoms with van der Waals surface area (Å²) in [6.07, 6.45) is 6.16. The Labute approximate surface area is 116 Å². The molecule has 4 nitrogen and oxygen atoms in total. The number of piperidine rings is 1. The Balaban J connectivity index is 1.59. The summed E-state index contributed by atoms with van der Waals surface area (Å²) >= 11 is 0. The van der Waals surface area contributed by atoms with Gasteiger partial charge in [0.2, 0.25) is 5.91 Å². The van der Waals surface area contributed by atoms with Gasteiger partial charge >= 0.3 is 0 Å². The Kier molecular flexibility index (Phi) is 4.08. The Morgan fingerprint density at radius 1 is 1.11 bits per heavy atom. The molecule has 3 aliphatic rings. The highest BCUT2D eigenvalue weighted by Crippen LogP contribution is 2.24. The molecule has 4 heteroatoms. The second-order valence-corrected chi connectivity index (χ2v) is 6.46. The van der Waals surface area contributed by atoms with Gasteiger partial charge in [0, 0.05) is 25.2 Å². The van der Waals surface area contributed by atoms with E-state index >= 15 is 0 Å². The highest BCUT2D eigenvalue weighted by molar-refractivity contribution is 5.80. The lowest BCUT2D eigenvalue weighted by Crippen LogP contribution is -2.51. The van der Waals surface area contributed by atoms with Crippen LogP contribution in [0.25, 0.3) is 0 Å². The quantitative estimate of drug-likeness (QED) is 0.811. The van der Waals surface area contributed by atoms with Crippen LogP contribution in [0.1, 0.15) is 39.0 Å². The molecule has 3 fully saturated rings. The summed E-state index contributed by atoms with van der Waals surface area (Å²) in [5.74, 6) is 0.624. The highest BCUT2D eigenvalue weighted by Gasteiger charge is 2.36. The zero-order chi connectivity index (χ0) is 13.2. The van der Waals surface area contributed by atoms with Crippen molar-refractivity contribution >= 4 is 5.91 Å². The van der Waals surface area contributed by atoms with Crippen LogP contribution in [0.2, 0.25) is 0 Å². The number of nitrogens with zero attached hydrogens (tertiary/aromatic N) is 2. The fraction of sp³-hybridized carbons (Fsp3) is 0.933. The Morgan fingerprint density at radius 2 is 1.89 bits per heavy atom. The molecule has 19 heavy (non-hydrogen) atoms. The van der Waals surface area contributed by atoms with Crippen LogP contribution in [0, 0.1) is 5.92 Å². The van der Waals surface area contributed by atoms with Crippen molar-refractivity contribution in [1.82, 2.24) is 15.1 Å². The summed E-state index contributed by atoms with van der Waals surface area (Å²) in [5, 5.41) is 3.40. The van der Waals surface area contributed by atoms with Crippen molar-refractivity contribution < 1.29 is 4.79 Å². The molecule has 3 atom stereocenters. The molecule has 0 bridgehead atoms. The third-order valence-electron chi connectivity index (χ3n) is 5.21. The molecule has 108 valence electrons. The highest BCUT2D eigenvalue weighted by atomic mass is 16.2. The average molecular weight is 265 g/mol. The number of amides is 1. The third-order valence-corrected chi connectivity index (χ3v) is 5.21. The molecule has 0 aliphatic carbocycles. The largest absolute Gasteiger partial charge is 0.341 e. The molecule has 3 heterocycles. The van der Waals surface area contributed by atoms with E-state index in [1.54, 1.807) is 0 Å². The second-order valence-electron chi connectivity index (χ2n) is 6.46. The van der Waals surface area contributed by atoms with Crippen LogP contribution in [0.15, 0.2) is 0 Å². The van der Waals surface area contributed by atoms with Crippen LogP contribution < -0.4 is 5.32 Å². The van der Waals surface area contributed by atoms with Gasteiger partial charge in [0.05, 0.1) is 5.92 Å². The van der Waals surface area contributed by atoms with Gasteiger partial charge in [-0.2, -0.15) is 0 Å². The number of hydrogen-bond donors (Lipinski definition) is 1. The van der Waals surface area contributed by atoms with E-state index < -0.39 is 0 Å². The van der Waals surface area contributed by atoms with Gasteiger partial charge < -0.3 is 10.2 Å². The summed E-state index contributed by atoms with van der Waals surface area (Å²) < 4.78 is 0. The molecule has 3 unspecified atom stereocenters. The summed E-state index contributed by atoms with van der Waals surface area (Å²) in [6, 6.07) is 0.990. The number of carbonyl (C=O) groups excluding carboxylic acids is 1. The van der Waals surface area contributed by atoms with E-state index in [2.05, 4.69) is 22.0 Å². The first-order valence-corrected chi connectivity index (χ1v) is 8.02. The monoisotopic (exact) mass is 265 g/mol. The second kappa shape index (κ2) is 5.80. The molecule has 0 spiro atoms. The van der Waals surface area contributed by atoms with Crippen LogP contribution >= 0.6 is 0 Å². The molecule has 3 aliphatic heterocycles. The van der Waals surface area contributed by atoms with Gasteiger partial charge in [-0.1, -0.05) is 0 Å². The molecular formula is C15H27N3O. The van der Waals surface area contributed by atoms with E-state index in [0.717, 1.165) is 26.1 Å². The Bertz CT molecular complexity index is 327. The molecular weight excluding hydrogens is 238 g/mol. The predicted octanol–water partition coefficient (Wildman–Crippen LogP) is 1.07. The molecule has 0 saturated carbocycles. The summed E-state index contributed by atoms with van der Waals surface area (Å²) in [5.41, 5.74) is 0. The van der Waals surface area contributed by atoms with Crippen molar-refractivity contribution in [2.75, 3.05) is 32.7 Å². The minimum Gasteiger partial charge on any atom is -0.341 e. The van der Waals surface area contributed by atoms with Crippen molar-refractivity contribution in [3.63, 3.8) is 0 Å². The van der Waals surface area contributed by atoms with Crippen molar-refractivity contribution in [1.29, 1.82) is 0 Å². The molecule has 3 saturated heterocycles. The fourth-order valence-electron chi connectivity index (χ4n) is 3.99. The topological polar surface area (TPSA) is 35.6 Å². The van der Waals surface area contributed by atoms with Gasteiger partial charge in [-0.15, -0.1) is 0 Å². The van der Waals surface area contributed by atoms with Gasteiger partial charge in [0.15, 0.2) is 0 Å². The van der Waals surface area contributed by atoms with E-state index in [0.29, 0.717) is 18.0 Å². The summed E-state index contributed by atoms with van der Waals surface area (Å²) in [7, 11) is 0. The van der Waals surface area contributed by atoms with E-state index in [1.165, 1.54) is 38.8 Å². The van der Waals surface area contributed by atoms with Crippen LogP contribution in [0.5, 0.6) is 0 Å². The molecule has 0 radical (unpaired) electrons. The first kappa shape index (κ1) is 13.4. The number of likely N-dealkylation sites (tertiary alicyclic amines) is 2. The zero-order valence-electron chi connectivity index (χ0n) is 12.1. The Morgan fingerprint density at radius 3 is 2.58 bits per heavy atom. The number of hydrogen-bond acceptors (Lipinski definition) is 3. The maximum absolute atomic E-state index is 12.6. The Hall–Kier alpha value is -0.610. The smallest absolute Gasteiger partial charge is 0.227 e. The standard InChI is InChI=1S/C15H27N3O/c1-12-14(6-7-16-12)15(19)18-10-4-5-13(11-18)17-8-2-3-9-17/h12-14,16H,2-11H2,1H3. The maximum atomic E-state index is 12.6. The maximum Gasteiger partial charge on any atom is 0.227 e. The normalized spacial score (nSPS) is 36.9. The summed E-state index contributed by atoms with van der Waals surface area (Å²) in [4.78, 5) is 17.4. The zero-order valence-corrected chi connectivity index (χ0v) is 12.1. The van der Waals surface area contributed by atoms with Crippen molar-refractivity contribution in [3.05, 3.63) is 0 Å². The van der Waals surface area contributed by atoms with Gasteiger partial charge in [-0.05, 0) is 58.7 Å². The lowest BCUT2D eigenvalue weighted by atomic mass is 9.97. The first-order chi connectivity index (χ1) is 9.25. The molecule has 0 aromatic heterocycles. The van der Waals surface area contributed by atoms with Gasteiger partial charge in [-0.25, -0.2) is 0 Å². The van der Waals surface area contributed by atoms with E-state index in [9.17, 15) is 4.79 Å². The van der Waals surface area contributed by atoms with Crippen LogP contribution in [0.4, 0.5) is 0 Å². The summed E-state index contributed by atoms with van der Waals surface area (Å²) in [6.45, 7) is 7.59. The molecule has 1 amide bonds. The van der Waals surface area contributed by atoms with Crippen LogP contribution in [-0.2, 0) is 4.79 Å². The van der Waals surface area contributed by atoms with E-state index in [-0.39, 0.29) is 5.92 Å². The number of rotatable bonds is 2. The minimum atomic E-state index is 0.220. The van der Waals surface area contributed by atoms with Crippen molar-refractivity contribution in [3.8, 4) is 0 Å². The van der Waals surface area contributed by atoms with Gasteiger partial charge in [0.1, 0.15) is 0 Å². The average Bonchev–Trinajstić information content (AvgIpc) is 3.09. The molecule has 0 aromatic rings. The van der Waals surface area contributed by atoms with Gasteiger partial charge in [-0.3, -0.25) is 9.69 Å². The van der Waals surface area contributed by atoms with E-state index in [4.69, 9.17) is 0 Å². The predicted molar refractivity (Wildman–Crippen MR) is 76.0 cm³/mol. The van der Waals surface area contributed by atoms with Gasteiger partial charge in [0.25, 0.3) is 0 Å². The minimum absolute atomic E-state index is 0.220. The lowest BCUT2D eigenvalue weighted by Gasteiger charge is -2.39. The van der Waals surface area contributed by atoms with Crippen LogP contribution in [-0.4, -0.2) is 60.5 Å². The lowest BCUT2D eigenvalue weighted by molar-refractivity contribution is -0.137. The molecule has 3 rings (SSSR count). The fourth-order valence-corrected chi connectivity index (χ4v) is 3.99. The molecule has 1 N–H and O–H groups in total. The van der Waals surface area contributed by atoms with Crippen LogP contribution in [0.3, 0.4) is 0 Å². The number of carbonyl (C=O) groups is 1. The SMILES string of the molecule is CC1NCCC1C(=O)N1CCCC(N2CCCC2)C1. The van der Waals surface area contributed by atoms with E-state index in [1.807, 2.05) is 0 Å². The molecule has 0 aromatic carbocycles. The third kappa shape index (κ3) is 2.79. The number of nitrogens with one attached hydrogen (secondary N) is 1.